The van der Waals surface area contributed by atoms with E-state index in [1.165, 1.54) is 37.4 Å². The molecule has 0 aliphatic carbocycles. The summed E-state index contributed by atoms with van der Waals surface area (Å²) in [5.41, 5.74) is 2.40. The molecule has 0 aliphatic heterocycles. The van der Waals surface area contributed by atoms with Gasteiger partial charge in [0.05, 0.1) is 35.1 Å². The van der Waals surface area contributed by atoms with Gasteiger partial charge in [-0.1, -0.05) is 30.3 Å². The van der Waals surface area contributed by atoms with E-state index in [9.17, 15) is 18.4 Å². The molecule has 4 aromatic rings. The highest BCUT2D eigenvalue weighted by Crippen LogP contribution is 2.31. The molecule has 0 saturated heterocycles. The number of hydrogen-bond acceptors (Lipinski definition) is 4. The van der Waals surface area contributed by atoms with Crippen molar-refractivity contribution in [2.24, 2.45) is 0 Å². The molecule has 0 unspecified atom stereocenters. The first-order valence-electron chi connectivity index (χ1n) is 9.73. The van der Waals surface area contributed by atoms with Gasteiger partial charge in [-0.05, 0) is 48.9 Å². The van der Waals surface area contributed by atoms with Crippen molar-refractivity contribution < 1.29 is 23.1 Å². The monoisotopic (exact) mass is 432 g/mol. The average Bonchev–Trinajstić information content (AvgIpc) is 2.80. The number of methoxy groups -OCH3 is 1. The Morgan fingerprint density at radius 3 is 2.41 bits per heavy atom. The Kier molecular flexibility index (Phi) is 5.64. The van der Waals surface area contributed by atoms with Crippen LogP contribution in [-0.4, -0.2) is 24.0 Å². The number of pyridine rings is 1. The molecule has 32 heavy (non-hydrogen) atoms. The molecule has 1 heterocycles. The Morgan fingerprint density at radius 1 is 0.969 bits per heavy atom. The Morgan fingerprint density at radius 2 is 1.72 bits per heavy atom. The second-order valence-electron chi connectivity index (χ2n) is 7.13. The van der Waals surface area contributed by atoms with E-state index in [1.54, 1.807) is 6.92 Å². The summed E-state index contributed by atoms with van der Waals surface area (Å²) < 4.78 is 33.1. The number of rotatable bonds is 4. The van der Waals surface area contributed by atoms with Crippen molar-refractivity contribution in [2.75, 3.05) is 12.4 Å². The number of halogens is 2. The Bertz CT molecular complexity index is 1350. The zero-order valence-electron chi connectivity index (χ0n) is 17.3. The summed E-state index contributed by atoms with van der Waals surface area (Å²) in [6.45, 7) is 1.71. The molecule has 1 amide bonds. The summed E-state index contributed by atoms with van der Waals surface area (Å²) in [5.74, 6) is -2.64. The molecular formula is C25H18F2N2O3. The molecule has 1 aromatic heterocycles. The van der Waals surface area contributed by atoms with Crippen LogP contribution < -0.4 is 5.32 Å². The van der Waals surface area contributed by atoms with Crippen LogP contribution >= 0.6 is 0 Å². The number of carbonyl (C=O) groups excluding carboxylic acids is 2. The third kappa shape index (κ3) is 3.92. The summed E-state index contributed by atoms with van der Waals surface area (Å²) in [4.78, 5) is 29.5. The van der Waals surface area contributed by atoms with E-state index in [-0.39, 0.29) is 16.8 Å². The largest absolute Gasteiger partial charge is 0.465 e. The lowest BCUT2D eigenvalue weighted by atomic mass is 9.97. The molecule has 0 aliphatic rings. The molecule has 1 N–H and O–H groups in total. The van der Waals surface area contributed by atoms with Gasteiger partial charge in [-0.2, -0.15) is 0 Å². The molecule has 0 fully saturated rings. The maximum atomic E-state index is 14.6. The Labute approximate surface area is 182 Å². The summed E-state index contributed by atoms with van der Waals surface area (Å²) in [6, 6.07) is 16.9. The van der Waals surface area contributed by atoms with Gasteiger partial charge in [0, 0.05) is 10.9 Å². The fourth-order valence-electron chi connectivity index (χ4n) is 3.55. The minimum absolute atomic E-state index is 0.0157. The number of ether oxygens (including phenoxy) is 1. The van der Waals surface area contributed by atoms with Gasteiger partial charge in [-0.25, -0.2) is 18.6 Å². The number of carbonyl (C=O) groups is 2. The van der Waals surface area contributed by atoms with E-state index < -0.39 is 23.5 Å². The number of nitrogens with one attached hydrogen (secondary N) is 1. The number of amides is 1. The molecular weight excluding hydrogens is 414 g/mol. The number of fused-ring (bicyclic) bond motifs is 1. The molecule has 7 heteroatoms. The van der Waals surface area contributed by atoms with Crippen molar-refractivity contribution in [3.8, 4) is 11.3 Å². The number of anilines is 1. The van der Waals surface area contributed by atoms with Gasteiger partial charge in [0.1, 0.15) is 11.6 Å². The molecule has 3 aromatic carbocycles. The van der Waals surface area contributed by atoms with Gasteiger partial charge in [-0.3, -0.25) is 4.79 Å². The number of nitrogens with zero attached hydrogens (tertiary/aromatic N) is 1. The number of hydrogen-bond donors (Lipinski definition) is 1. The Hall–Kier alpha value is -4.13. The van der Waals surface area contributed by atoms with E-state index in [0.29, 0.717) is 22.2 Å². The molecule has 0 bridgehead atoms. The SMILES string of the molecule is COC(=O)c1ccc(NC(=O)c2c(C)c(-c3ccccc3)nc3ccc(F)cc23)c(F)c1. The Balaban J connectivity index is 1.82. The first-order valence-corrected chi connectivity index (χ1v) is 9.73. The van der Waals surface area contributed by atoms with E-state index in [4.69, 9.17) is 0 Å². The smallest absolute Gasteiger partial charge is 0.337 e. The fraction of sp³-hybridized carbons (Fsp3) is 0.0800. The predicted molar refractivity (Wildman–Crippen MR) is 118 cm³/mol. The quantitative estimate of drug-likeness (QED) is 0.431. The highest BCUT2D eigenvalue weighted by Gasteiger charge is 2.21. The minimum Gasteiger partial charge on any atom is -0.465 e. The third-order valence-corrected chi connectivity index (χ3v) is 5.10. The first kappa shape index (κ1) is 21.1. The van der Waals surface area contributed by atoms with Gasteiger partial charge in [0.15, 0.2) is 0 Å². The lowest BCUT2D eigenvalue weighted by Crippen LogP contribution is -2.16. The standard InChI is InChI=1S/C25H18F2N2O3/c1-14-22(24(30)29-21-10-8-16(12-19(21)27)25(31)32-2)18-13-17(26)9-11-20(18)28-23(14)15-6-4-3-5-7-15/h3-13H,1-2H3,(H,29,30). The minimum atomic E-state index is -0.799. The normalized spacial score (nSPS) is 10.8. The van der Waals surface area contributed by atoms with Crippen molar-refractivity contribution in [1.29, 1.82) is 0 Å². The van der Waals surface area contributed by atoms with Crippen LogP contribution in [0.25, 0.3) is 22.2 Å². The summed E-state index contributed by atoms with van der Waals surface area (Å²) in [7, 11) is 1.19. The van der Waals surface area contributed by atoms with Crippen molar-refractivity contribution in [3.63, 3.8) is 0 Å². The summed E-state index contributed by atoms with van der Waals surface area (Å²) in [5, 5.41) is 2.84. The number of benzene rings is 3. The molecule has 0 radical (unpaired) electrons. The number of aromatic nitrogens is 1. The summed E-state index contributed by atoms with van der Waals surface area (Å²) in [6.07, 6.45) is 0. The maximum Gasteiger partial charge on any atom is 0.337 e. The molecule has 0 atom stereocenters. The van der Waals surface area contributed by atoms with Gasteiger partial charge < -0.3 is 10.1 Å². The van der Waals surface area contributed by atoms with Gasteiger partial charge in [0.2, 0.25) is 0 Å². The van der Waals surface area contributed by atoms with Crippen LogP contribution in [0.3, 0.4) is 0 Å². The summed E-state index contributed by atoms with van der Waals surface area (Å²) >= 11 is 0. The van der Waals surface area contributed by atoms with E-state index >= 15 is 0 Å². The van der Waals surface area contributed by atoms with Crippen molar-refractivity contribution in [2.45, 2.75) is 6.92 Å². The predicted octanol–water partition coefficient (Wildman–Crippen LogP) is 5.53. The lowest BCUT2D eigenvalue weighted by Gasteiger charge is -2.15. The molecule has 4 rings (SSSR count). The topological polar surface area (TPSA) is 68.3 Å². The van der Waals surface area contributed by atoms with Crippen LogP contribution in [-0.2, 0) is 4.74 Å². The van der Waals surface area contributed by atoms with Crippen LogP contribution in [0.1, 0.15) is 26.3 Å². The first-order chi connectivity index (χ1) is 15.4. The van der Waals surface area contributed by atoms with E-state index in [2.05, 4.69) is 15.0 Å². The van der Waals surface area contributed by atoms with Crippen LogP contribution in [0, 0.1) is 18.6 Å². The van der Waals surface area contributed by atoms with Crippen molar-refractivity contribution >= 4 is 28.5 Å². The highest BCUT2D eigenvalue weighted by atomic mass is 19.1. The van der Waals surface area contributed by atoms with Gasteiger partial charge in [-0.15, -0.1) is 0 Å². The van der Waals surface area contributed by atoms with Crippen LogP contribution in [0.5, 0.6) is 0 Å². The second-order valence-corrected chi connectivity index (χ2v) is 7.13. The van der Waals surface area contributed by atoms with Crippen LogP contribution in [0.4, 0.5) is 14.5 Å². The molecule has 160 valence electrons. The van der Waals surface area contributed by atoms with E-state index in [0.717, 1.165) is 11.6 Å². The maximum absolute atomic E-state index is 14.6. The number of esters is 1. The van der Waals surface area contributed by atoms with Gasteiger partial charge >= 0.3 is 5.97 Å². The highest BCUT2D eigenvalue weighted by molar-refractivity contribution is 6.14. The fourth-order valence-corrected chi connectivity index (χ4v) is 3.55. The second kappa shape index (κ2) is 8.55. The molecule has 5 nitrogen and oxygen atoms in total. The molecule has 0 saturated carbocycles. The average molecular weight is 432 g/mol. The van der Waals surface area contributed by atoms with Crippen molar-refractivity contribution in [1.82, 2.24) is 4.98 Å². The molecule has 0 spiro atoms. The van der Waals surface area contributed by atoms with Crippen LogP contribution in [0.15, 0.2) is 66.7 Å². The zero-order valence-corrected chi connectivity index (χ0v) is 17.3. The van der Waals surface area contributed by atoms with E-state index in [1.807, 2.05) is 30.3 Å². The lowest BCUT2D eigenvalue weighted by molar-refractivity contribution is 0.0600. The van der Waals surface area contributed by atoms with Crippen molar-refractivity contribution in [3.05, 3.63) is 95.1 Å². The van der Waals surface area contributed by atoms with Crippen LogP contribution in [0.2, 0.25) is 0 Å². The van der Waals surface area contributed by atoms with Gasteiger partial charge in [0.25, 0.3) is 5.91 Å². The third-order valence-electron chi connectivity index (χ3n) is 5.10. The zero-order chi connectivity index (χ0) is 22.8.